The lowest BCUT2D eigenvalue weighted by molar-refractivity contribution is 0.196. The van der Waals surface area contributed by atoms with Gasteiger partial charge in [0.15, 0.2) is 5.82 Å². The highest BCUT2D eigenvalue weighted by Gasteiger charge is 2.24. The van der Waals surface area contributed by atoms with Crippen LogP contribution in [0.5, 0.6) is 0 Å². The summed E-state index contributed by atoms with van der Waals surface area (Å²) in [4.78, 5) is 22.5. The Morgan fingerprint density at radius 3 is 2.86 bits per heavy atom. The van der Waals surface area contributed by atoms with Gasteiger partial charge in [0.2, 0.25) is 0 Å². The third kappa shape index (κ3) is 4.32. The first-order valence-electron chi connectivity index (χ1n) is 9.73. The molecule has 1 atom stereocenters. The summed E-state index contributed by atoms with van der Waals surface area (Å²) >= 11 is 0. The van der Waals surface area contributed by atoms with Crippen LogP contribution in [-0.4, -0.2) is 42.7 Å². The Labute approximate surface area is 165 Å². The van der Waals surface area contributed by atoms with Crippen molar-refractivity contribution in [2.75, 3.05) is 7.05 Å². The Kier molecular flexibility index (Phi) is 5.96. The van der Waals surface area contributed by atoms with Crippen LogP contribution in [0.2, 0.25) is 0 Å². The lowest BCUT2D eigenvalue weighted by Gasteiger charge is -2.24. The number of nitrogens with zero attached hydrogens (tertiary/aromatic N) is 5. The minimum atomic E-state index is -0.212. The van der Waals surface area contributed by atoms with Gasteiger partial charge in [-0.1, -0.05) is 26.8 Å². The second-order valence-corrected chi connectivity index (χ2v) is 7.61. The molecular weight excluding hydrogens is 354 g/mol. The molecular formula is C20H29N7O. The van der Waals surface area contributed by atoms with Crippen molar-refractivity contribution in [3.8, 4) is 0 Å². The van der Waals surface area contributed by atoms with Crippen molar-refractivity contribution in [3.63, 3.8) is 0 Å². The highest BCUT2D eigenvalue weighted by Crippen LogP contribution is 2.23. The van der Waals surface area contributed by atoms with Gasteiger partial charge in [-0.05, 0) is 37.0 Å². The molecule has 2 aromatic heterocycles. The summed E-state index contributed by atoms with van der Waals surface area (Å²) in [5.41, 5.74) is 3.06. The lowest BCUT2D eigenvalue weighted by atomic mass is 10.0. The van der Waals surface area contributed by atoms with Crippen molar-refractivity contribution >= 4 is 17.1 Å². The predicted molar refractivity (Wildman–Crippen MR) is 109 cm³/mol. The fourth-order valence-corrected chi connectivity index (χ4v) is 3.20. The zero-order valence-corrected chi connectivity index (χ0v) is 17.2. The molecule has 0 unspecified atom stereocenters. The molecule has 0 aliphatic rings. The first-order valence-corrected chi connectivity index (χ1v) is 9.73. The molecule has 8 heteroatoms. The molecule has 3 rings (SSSR count). The molecule has 0 aliphatic carbocycles. The van der Waals surface area contributed by atoms with Crippen LogP contribution in [0, 0.1) is 12.8 Å². The van der Waals surface area contributed by atoms with Crippen molar-refractivity contribution in [1.29, 1.82) is 0 Å². The summed E-state index contributed by atoms with van der Waals surface area (Å²) in [7, 11) is 1.76. The zero-order valence-electron chi connectivity index (χ0n) is 17.2. The Bertz CT molecular complexity index is 943. The lowest BCUT2D eigenvalue weighted by Crippen LogP contribution is -2.41. The van der Waals surface area contributed by atoms with Crippen LogP contribution < -0.4 is 5.32 Å². The maximum absolute atomic E-state index is 12.8. The number of benzene rings is 1. The van der Waals surface area contributed by atoms with Crippen LogP contribution in [0.4, 0.5) is 4.79 Å². The molecule has 0 fully saturated rings. The van der Waals surface area contributed by atoms with E-state index in [1.807, 2.05) is 23.6 Å². The standard InChI is InChI=1S/C20H29N7O/c1-6-9-27-12-21-25-17(27)11-26(5)20(28)24-18(13(2)3)19-22-15-8-7-14(4)10-16(15)23-19/h7-8,10,12-13,18H,6,9,11H2,1-5H3,(H,22,23)(H,24,28)/t18-/m0/s1. The van der Waals surface area contributed by atoms with Crippen LogP contribution in [0.3, 0.4) is 0 Å². The van der Waals surface area contributed by atoms with Crippen molar-refractivity contribution in [3.05, 3.63) is 41.7 Å². The van der Waals surface area contributed by atoms with Gasteiger partial charge in [-0.15, -0.1) is 10.2 Å². The van der Waals surface area contributed by atoms with E-state index in [1.54, 1.807) is 18.3 Å². The largest absolute Gasteiger partial charge is 0.340 e. The van der Waals surface area contributed by atoms with Crippen LogP contribution in [0.15, 0.2) is 24.5 Å². The van der Waals surface area contributed by atoms with Gasteiger partial charge in [-0.25, -0.2) is 9.78 Å². The van der Waals surface area contributed by atoms with Crippen LogP contribution in [0.1, 0.15) is 50.4 Å². The fourth-order valence-electron chi connectivity index (χ4n) is 3.20. The Balaban J connectivity index is 1.73. The van der Waals surface area contributed by atoms with E-state index < -0.39 is 0 Å². The zero-order chi connectivity index (χ0) is 20.3. The number of hydrogen-bond acceptors (Lipinski definition) is 4. The van der Waals surface area contributed by atoms with E-state index in [0.717, 1.165) is 35.6 Å². The summed E-state index contributed by atoms with van der Waals surface area (Å²) < 4.78 is 1.98. The molecule has 2 heterocycles. The van der Waals surface area contributed by atoms with Gasteiger partial charge in [0.25, 0.3) is 0 Å². The third-order valence-corrected chi connectivity index (χ3v) is 4.78. The number of H-pyrrole nitrogens is 1. The SMILES string of the molecule is CCCn1cnnc1CN(C)C(=O)N[C@H](c1nc2ccc(C)cc2[nH]1)C(C)C. The van der Waals surface area contributed by atoms with Crippen molar-refractivity contribution in [2.45, 2.75) is 53.2 Å². The molecule has 150 valence electrons. The van der Waals surface area contributed by atoms with Crippen LogP contribution in [-0.2, 0) is 13.1 Å². The van der Waals surface area contributed by atoms with Gasteiger partial charge in [-0.2, -0.15) is 0 Å². The normalized spacial score (nSPS) is 12.5. The number of carbonyl (C=O) groups excluding carboxylic acids is 1. The maximum Gasteiger partial charge on any atom is 0.318 e. The van der Waals surface area contributed by atoms with E-state index in [1.165, 1.54) is 5.56 Å². The molecule has 0 saturated carbocycles. The van der Waals surface area contributed by atoms with E-state index in [0.29, 0.717) is 6.54 Å². The average molecular weight is 384 g/mol. The summed E-state index contributed by atoms with van der Waals surface area (Å²) in [5, 5.41) is 11.2. The number of rotatable bonds is 7. The van der Waals surface area contributed by atoms with Crippen molar-refractivity contribution in [2.24, 2.45) is 5.92 Å². The number of aryl methyl sites for hydroxylation is 2. The topological polar surface area (TPSA) is 91.7 Å². The fraction of sp³-hybridized carbons (Fsp3) is 0.500. The van der Waals surface area contributed by atoms with E-state index in [9.17, 15) is 4.79 Å². The number of nitrogens with one attached hydrogen (secondary N) is 2. The molecule has 2 amide bonds. The summed E-state index contributed by atoms with van der Waals surface area (Å²) in [5.74, 6) is 1.73. The smallest absolute Gasteiger partial charge is 0.318 e. The van der Waals surface area contributed by atoms with Gasteiger partial charge in [0.1, 0.15) is 12.2 Å². The monoisotopic (exact) mass is 383 g/mol. The number of urea groups is 1. The molecule has 1 aromatic carbocycles. The Morgan fingerprint density at radius 1 is 1.36 bits per heavy atom. The molecule has 0 bridgehead atoms. The highest BCUT2D eigenvalue weighted by atomic mass is 16.2. The molecule has 3 aromatic rings. The van der Waals surface area contributed by atoms with Gasteiger partial charge in [-0.3, -0.25) is 0 Å². The van der Waals surface area contributed by atoms with Crippen LogP contribution in [0.25, 0.3) is 11.0 Å². The Morgan fingerprint density at radius 2 is 2.14 bits per heavy atom. The number of amides is 2. The highest BCUT2D eigenvalue weighted by molar-refractivity contribution is 5.77. The number of aromatic nitrogens is 5. The molecule has 8 nitrogen and oxygen atoms in total. The van der Waals surface area contributed by atoms with Crippen LogP contribution >= 0.6 is 0 Å². The first kappa shape index (κ1) is 19.9. The second-order valence-electron chi connectivity index (χ2n) is 7.61. The van der Waals surface area contributed by atoms with Gasteiger partial charge >= 0.3 is 6.03 Å². The van der Waals surface area contributed by atoms with E-state index in [2.05, 4.69) is 52.3 Å². The molecule has 0 aliphatic heterocycles. The molecule has 0 saturated heterocycles. The number of hydrogen-bond donors (Lipinski definition) is 2. The summed E-state index contributed by atoms with van der Waals surface area (Å²) in [6, 6.07) is 5.72. The minimum absolute atomic E-state index is 0.165. The predicted octanol–water partition coefficient (Wildman–Crippen LogP) is 3.41. The van der Waals surface area contributed by atoms with Gasteiger partial charge in [0, 0.05) is 13.6 Å². The van der Waals surface area contributed by atoms with Gasteiger partial charge in [0.05, 0.1) is 23.6 Å². The van der Waals surface area contributed by atoms with E-state index in [4.69, 9.17) is 0 Å². The third-order valence-electron chi connectivity index (χ3n) is 4.78. The number of carbonyl (C=O) groups is 1. The quantitative estimate of drug-likeness (QED) is 0.654. The van der Waals surface area contributed by atoms with Crippen molar-refractivity contribution in [1.82, 2.24) is 34.9 Å². The summed E-state index contributed by atoms with van der Waals surface area (Å²) in [6.45, 7) is 9.53. The number of imidazole rings is 1. The maximum atomic E-state index is 12.8. The van der Waals surface area contributed by atoms with Gasteiger partial charge < -0.3 is 19.8 Å². The minimum Gasteiger partial charge on any atom is -0.340 e. The van der Waals surface area contributed by atoms with E-state index >= 15 is 0 Å². The average Bonchev–Trinajstić information content (AvgIpc) is 3.25. The van der Waals surface area contributed by atoms with Crippen molar-refractivity contribution < 1.29 is 4.79 Å². The number of fused-ring (bicyclic) bond motifs is 1. The van der Waals surface area contributed by atoms with E-state index in [-0.39, 0.29) is 18.0 Å². The summed E-state index contributed by atoms with van der Waals surface area (Å²) in [6.07, 6.45) is 2.69. The molecule has 2 N–H and O–H groups in total. The molecule has 0 radical (unpaired) electrons. The molecule has 0 spiro atoms. The Hall–Kier alpha value is -2.90. The molecule has 28 heavy (non-hydrogen) atoms. The first-order chi connectivity index (χ1) is 13.4. The second kappa shape index (κ2) is 8.41. The number of aromatic amines is 1.